The molecule has 0 atom stereocenters. The van der Waals surface area contributed by atoms with Crippen LogP contribution in [-0.2, 0) is 17.8 Å². The van der Waals surface area contributed by atoms with E-state index in [1.165, 1.54) is 17.0 Å². The van der Waals surface area contributed by atoms with Gasteiger partial charge in [-0.1, -0.05) is 0 Å². The third-order valence-corrected chi connectivity index (χ3v) is 3.41. The SMILES string of the molecule is CCn1c(C)cc(CNCC(C)(C)OC)c1C. The highest BCUT2D eigenvalue weighted by molar-refractivity contribution is 5.26. The topological polar surface area (TPSA) is 26.2 Å². The molecule has 0 saturated carbocycles. The minimum atomic E-state index is -0.101. The van der Waals surface area contributed by atoms with Crippen molar-refractivity contribution in [3.8, 4) is 0 Å². The summed E-state index contributed by atoms with van der Waals surface area (Å²) >= 11 is 0. The van der Waals surface area contributed by atoms with Gasteiger partial charge in [-0.05, 0) is 46.2 Å². The van der Waals surface area contributed by atoms with E-state index in [-0.39, 0.29) is 5.60 Å². The lowest BCUT2D eigenvalue weighted by Crippen LogP contribution is -2.36. The molecule has 0 bridgehead atoms. The number of methoxy groups -OCH3 is 1. The van der Waals surface area contributed by atoms with Crippen LogP contribution in [0, 0.1) is 13.8 Å². The zero-order chi connectivity index (χ0) is 13.1. The molecule has 1 aromatic heterocycles. The maximum absolute atomic E-state index is 5.39. The number of hydrogen-bond acceptors (Lipinski definition) is 2. The van der Waals surface area contributed by atoms with E-state index in [4.69, 9.17) is 4.74 Å². The summed E-state index contributed by atoms with van der Waals surface area (Å²) in [6.07, 6.45) is 0. The van der Waals surface area contributed by atoms with Crippen molar-refractivity contribution in [2.75, 3.05) is 13.7 Å². The number of ether oxygens (including phenoxy) is 1. The molecule has 98 valence electrons. The summed E-state index contributed by atoms with van der Waals surface area (Å²) in [5, 5.41) is 3.46. The quantitative estimate of drug-likeness (QED) is 0.824. The van der Waals surface area contributed by atoms with E-state index in [9.17, 15) is 0 Å². The van der Waals surface area contributed by atoms with Gasteiger partial charge in [-0.2, -0.15) is 0 Å². The number of nitrogens with zero attached hydrogens (tertiary/aromatic N) is 1. The zero-order valence-corrected chi connectivity index (χ0v) is 12.1. The molecule has 1 aromatic rings. The fraction of sp³-hybridized carbons (Fsp3) is 0.714. The molecule has 1 rings (SSSR count). The maximum Gasteiger partial charge on any atom is 0.0746 e. The van der Waals surface area contributed by atoms with Crippen molar-refractivity contribution in [2.24, 2.45) is 0 Å². The van der Waals surface area contributed by atoms with E-state index in [0.717, 1.165) is 19.6 Å². The number of aryl methyl sites for hydroxylation is 1. The van der Waals surface area contributed by atoms with Crippen molar-refractivity contribution < 1.29 is 4.74 Å². The number of hydrogen-bond donors (Lipinski definition) is 1. The van der Waals surface area contributed by atoms with Crippen LogP contribution >= 0.6 is 0 Å². The molecule has 1 N–H and O–H groups in total. The molecule has 0 amide bonds. The second-order valence-electron chi connectivity index (χ2n) is 5.21. The van der Waals surface area contributed by atoms with E-state index in [1.54, 1.807) is 7.11 Å². The van der Waals surface area contributed by atoms with Gasteiger partial charge in [-0.3, -0.25) is 0 Å². The highest BCUT2D eigenvalue weighted by Crippen LogP contribution is 2.15. The van der Waals surface area contributed by atoms with Gasteiger partial charge in [0, 0.05) is 38.1 Å². The standard InChI is InChI=1S/C14H26N2O/c1-7-16-11(2)8-13(12(16)3)9-15-10-14(4,5)17-6/h8,15H,7,9-10H2,1-6H3. The summed E-state index contributed by atoms with van der Waals surface area (Å²) in [6, 6.07) is 2.27. The summed E-state index contributed by atoms with van der Waals surface area (Å²) in [4.78, 5) is 0. The summed E-state index contributed by atoms with van der Waals surface area (Å²) in [6.45, 7) is 13.5. The van der Waals surface area contributed by atoms with E-state index < -0.39 is 0 Å². The van der Waals surface area contributed by atoms with Crippen LogP contribution in [0.15, 0.2) is 6.07 Å². The molecule has 0 spiro atoms. The van der Waals surface area contributed by atoms with Gasteiger partial charge in [0.1, 0.15) is 0 Å². The van der Waals surface area contributed by atoms with Gasteiger partial charge in [0.25, 0.3) is 0 Å². The van der Waals surface area contributed by atoms with Crippen molar-refractivity contribution >= 4 is 0 Å². The third-order valence-electron chi connectivity index (χ3n) is 3.41. The van der Waals surface area contributed by atoms with Crippen LogP contribution in [0.2, 0.25) is 0 Å². The summed E-state index contributed by atoms with van der Waals surface area (Å²) in [5.74, 6) is 0. The van der Waals surface area contributed by atoms with E-state index in [2.05, 4.69) is 50.6 Å². The van der Waals surface area contributed by atoms with Crippen molar-refractivity contribution in [1.29, 1.82) is 0 Å². The Balaban J connectivity index is 2.59. The molecule has 0 unspecified atom stereocenters. The molecular weight excluding hydrogens is 212 g/mol. The van der Waals surface area contributed by atoms with Crippen LogP contribution in [-0.4, -0.2) is 23.8 Å². The van der Waals surface area contributed by atoms with Crippen LogP contribution in [0.1, 0.15) is 37.7 Å². The maximum atomic E-state index is 5.39. The number of aromatic nitrogens is 1. The van der Waals surface area contributed by atoms with E-state index in [0.29, 0.717) is 0 Å². The fourth-order valence-corrected chi connectivity index (χ4v) is 2.11. The van der Waals surface area contributed by atoms with E-state index >= 15 is 0 Å². The highest BCUT2D eigenvalue weighted by Gasteiger charge is 2.16. The first-order chi connectivity index (χ1) is 7.91. The number of rotatable bonds is 6. The lowest BCUT2D eigenvalue weighted by Gasteiger charge is -2.23. The summed E-state index contributed by atoms with van der Waals surface area (Å²) in [5.41, 5.74) is 3.99. The molecule has 0 radical (unpaired) electrons. The lowest BCUT2D eigenvalue weighted by molar-refractivity contribution is 0.0230. The van der Waals surface area contributed by atoms with Gasteiger partial charge in [0.05, 0.1) is 5.60 Å². The van der Waals surface area contributed by atoms with Gasteiger partial charge < -0.3 is 14.6 Å². The molecule has 3 heteroatoms. The molecule has 0 aromatic carbocycles. The molecule has 0 saturated heterocycles. The fourth-order valence-electron chi connectivity index (χ4n) is 2.11. The molecule has 0 aliphatic carbocycles. The average molecular weight is 238 g/mol. The first-order valence-electron chi connectivity index (χ1n) is 6.32. The molecule has 0 aliphatic heterocycles. The smallest absolute Gasteiger partial charge is 0.0746 e. The Labute approximate surface area is 105 Å². The normalized spacial score (nSPS) is 12.1. The van der Waals surface area contributed by atoms with E-state index in [1.807, 2.05) is 0 Å². The number of nitrogens with one attached hydrogen (secondary N) is 1. The Morgan fingerprint density at radius 2 is 2.00 bits per heavy atom. The van der Waals surface area contributed by atoms with Crippen molar-refractivity contribution in [3.05, 3.63) is 23.0 Å². The minimum absolute atomic E-state index is 0.101. The van der Waals surface area contributed by atoms with Crippen LogP contribution in [0.3, 0.4) is 0 Å². The Hall–Kier alpha value is -0.800. The minimum Gasteiger partial charge on any atom is -0.377 e. The Kier molecular flexibility index (Phi) is 4.78. The second-order valence-corrected chi connectivity index (χ2v) is 5.21. The third kappa shape index (κ3) is 3.58. The monoisotopic (exact) mass is 238 g/mol. The zero-order valence-electron chi connectivity index (χ0n) is 12.1. The Morgan fingerprint density at radius 1 is 1.35 bits per heavy atom. The Bertz CT molecular complexity index is 367. The molecule has 1 heterocycles. The first-order valence-corrected chi connectivity index (χ1v) is 6.32. The van der Waals surface area contributed by atoms with Crippen LogP contribution in [0.5, 0.6) is 0 Å². The second kappa shape index (κ2) is 5.69. The predicted molar refractivity (Wildman–Crippen MR) is 72.4 cm³/mol. The van der Waals surface area contributed by atoms with Crippen molar-refractivity contribution in [2.45, 2.75) is 53.3 Å². The largest absolute Gasteiger partial charge is 0.377 e. The molecule has 17 heavy (non-hydrogen) atoms. The van der Waals surface area contributed by atoms with Gasteiger partial charge in [-0.15, -0.1) is 0 Å². The van der Waals surface area contributed by atoms with Gasteiger partial charge in [-0.25, -0.2) is 0 Å². The predicted octanol–water partition coefficient (Wildman–Crippen LogP) is 2.64. The first kappa shape index (κ1) is 14.3. The van der Waals surface area contributed by atoms with Gasteiger partial charge >= 0.3 is 0 Å². The van der Waals surface area contributed by atoms with Crippen LogP contribution in [0.4, 0.5) is 0 Å². The Morgan fingerprint density at radius 3 is 2.47 bits per heavy atom. The molecule has 0 aliphatic rings. The van der Waals surface area contributed by atoms with Crippen molar-refractivity contribution in [3.63, 3.8) is 0 Å². The lowest BCUT2D eigenvalue weighted by atomic mass is 10.1. The van der Waals surface area contributed by atoms with Gasteiger partial charge in [0.2, 0.25) is 0 Å². The summed E-state index contributed by atoms with van der Waals surface area (Å²) < 4.78 is 7.73. The highest BCUT2D eigenvalue weighted by atomic mass is 16.5. The molecule has 0 fully saturated rings. The average Bonchev–Trinajstić information content (AvgIpc) is 2.54. The van der Waals surface area contributed by atoms with Crippen molar-refractivity contribution in [1.82, 2.24) is 9.88 Å². The van der Waals surface area contributed by atoms with Crippen LogP contribution < -0.4 is 5.32 Å². The molecular formula is C14H26N2O. The molecule has 3 nitrogen and oxygen atoms in total. The van der Waals surface area contributed by atoms with Crippen LogP contribution in [0.25, 0.3) is 0 Å². The summed E-state index contributed by atoms with van der Waals surface area (Å²) in [7, 11) is 1.75. The van der Waals surface area contributed by atoms with Gasteiger partial charge in [0.15, 0.2) is 0 Å².